The van der Waals surface area contributed by atoms with Gasteiger partial charge in [-0.1, -0.05) is 29.3 Å². The average molecular weight is 375 g/mol. The summed E-state index contributed by atoms with van der Waals surface area (Å²) in [5.41, 5.74) is 1.22. The number of amides is 1. The van der Waals surface area contributed by atoms with Gasteiger partial charge in [0.15, 0.2) is 5.82 Å². The molecule has 0 aliphatic rings. The second kappa shape index (κ2) is 7.44. The largest absolute Gasteiger partial charge is 0.417 e. The van der Waals surface area contributed by atoms with Crippen LogP contribution >= 0.6 is 23.4 Å². The van der Waals surface area contributed by atoms with Crippen molar-refractivity contribution in [2.24, 2.45) is 0 Å². The van der Waals surface area contributed by atoms with Gasteiger partial charge in [-0.05, 0) is 31.5 Å². The maximum atomic E-state index is 12.5. The van der Waals surface area contributed by atoms with E-state index in [0.29, 0.717) is 6.20 Å². The summed E-state index contributed by atoms with van der Waals surface area (Å²) in [7, 11) is 0. The van der Waals surface area contributed by atoms with Crippen LogP contribution in [0.15, 0.2) is 35.4 Å². The summed E-state index contributed by atoms with van der Waals surface area (Å²) in [5, 5.41) is 2.16. The van der Waals surface area contributed by atoms with E-state index in [1.807, 2.05) is 32.0 Å². The molecule has 3 nitrogen and oxygen atoms in total. The van der Waals surface area contributed by atoms with Crippen LogP contribution in [-0.4, -0.2) is 16.6 Å². The minimum atomic E-state index is -4.53. The van der Waals surface area contributed by atoms with E-state index in [0.717, 1.165) is 22.1 Å². The van der Waals surface area contributed by atoms with Crippen molar-refractivity contribution in [3.8, 4) is 0 Å². The van der Waals surface area contributed by atoms with Gasteiger partial charge in [-0.15, -0.1) is 11.8 Å². The number of carbonyl (C=O) groups excluding carboxylic acids is 1. The van der Waals surface area contributed by atoms with E-state index >= 15 is 0 Å². The Labute approximate surface area is 146 Å². The highest BCUT2D eigenvalue weighted by Gasteiger charge is 2.31. The van der Waals surface area contributed by atoms with Gasteiger partial charge in [-0.3, -0.25) is 4.79 Å². The smallest absolute Gasteiger partial charge is 0.309 e. The molecule has 0 saturated heterocycles. The van der Waals surface area contributed by atoms with Gasteiger partial charge in [0.05, 0.1) is 16.3 Å². The SMILES string of the molecule is Cc1ccc(SCC(=O)Nc2ncc(C(F)(F)F)cc2Cl)c(C)c1. The quantitative estimate of drug-likeness (QED) is 0.757. The molecule has 1 aromatic heterocycles. The highest BCUT2D eigenvalue weighted by Crippen LogP contribution is 2.32. The zero-order valence-corrected chi connectivity index (χ0v) is 14.4. The molecule has 0 unspecified atom stereocenters. The first kappa shape index (κ1) is 18.6. The van der Waals surface area contributed by atoms with Crippen LogP contribution in [0.3, 0.4) is 0 Å². The van der Waals surface area contributed by atoms with Gasteiger partial charge in [-0.2, -0.15) is 13.2 Å². The molecule has 128 valence electrons. The number of aromatic nitrogens is 1. The van der Waals surface area contributed by atoms with Crippen LogP contribution in [0.4, 0.5) is 19.0 Å². The predicted molar refractivity (Wildman–Crippen MR) is 89.5 cm³/mol. The number of nitrogens with one attached hydrogen (secondary N) is 1. The third kappa shape index (κ3) is 4.88. The highest BCUT2D eigenvalue weighted by molar-refractivity contribution is 8.00. The standard InChI is InChI=1S/C16H14ClF3N2OS/c1-9-3-4-13(10(2)5-9)24-8-14(23)22-15-12(17)6-11(7-21-15)16(18,19)20/h3-7H,8H2,1-2H3,(H,21,22,23). The van der Waals surface area contributed by atoms with Crippen molar-refractivity contribution in [2.75, 3.05) is 11.1 Å². The normalized spacial score (nSPS) is 11.4. The van der Waals surface area contributed by atoms with Gasteiger partial charge in [0, 0.05) is 11.1 Å². The van der Waals surface area contributed by atoms with E-state index < -0.39 is 17.6 Å². The summed E-state index contributed by atoms with van der Waals surface area (Å²) in [6.07, 6.45) is -3.89. The minimum absolute atomic E-state index is 0.0871. The summed E-state index contributed by atoms with van der Waals surface area (Å²) >= 11 is 7.09. The third-order valence-corrected chi connectivity index (χ3v) is 4.58. The van der Waals surface area contributed by atoms with Crippen LogP contribution in [0.5, 0.6) is 0 Å². The first-order valence-corrected chi connectivity index (χ1v) is 8.26. The molecular weight excluding hydrogens is 361 g/mol. The van der Waals surface area contributed by atoms with Crippen LogP contribution in [-0.2, 0) is 11.0 Å². The average Bonchev–Trinajstić information content (AvgIpc) is 2.47. The number of aryl methyl sites for hydroxylation is 2. The van der Waals surface area contributed by atoms with Gasteiger partial charge in [0.1, 0.15) is 0 Å². The third-order valence-electron chi connectivity index (χ3n) is 3.12. The van der Waals surface area contributed by atoms with E-state index in [4.69, 9.17) is 11.6 Å². The zero-order valence-electron chi connectivity index (χ0n) is 12.9. The molecule has 2 aromatic rings. The predicted octanol–water partition coefficient (Wildman–Crippen LogP) is 5.10. The van der Waals surface area contributed by atoms with Gasteiger partial charge < -0.3 is 5.32 Å². The van der Waals surface area contributed by atoms with Gasteiger partial charge in [0.25, 0.3) is 0 Å². The Morgan fingerprint density at radius 2 is 2.00 bits per heavy atom. The number of anilines is 1. The summed E-state index contributed by atoms with van der Waals surface area (Å²) < 4.78 is 37.6. The Kier molecular flexibility index (Phi) is 5.77. The summed E-state index contributed by atoms with van der Waals surface area (Å²) in [4.78, 5) is 16.5. The number of benzene rings is 1. The molecule has 24 heavy (non-hydrogen) atoms. The first-order valence-electron chi connectivity index (χ1n) is 6.89. The molecule has 1 amide bonds. The lowest BCUT2D eigenvalue weighted by atomic mass is 10.2. The topological polar surface area (TPSA) is 42.0 Å². The highest BCUT2D eigenvalue weighted by atomic mass is 35.5. The molecule has 1 heterocycles. The van der Waals surface area contributed by atoms with Crippen molar-refractivity contribution < 1.29 is 18.0 Å². The number of hydrogen-bond acceptors (Lipinski definition) is 3. The lowest BCUT2D eigenvalue weighted by Gasteiger charge is -2.10. The van der Waals surface area contributed by atoms with E-state index in [2.05, 4.69) is 10.3 Å². The lowest BCUT2D eigenvalue weighted by Crippen LogP contribution is -2.16. The van der Waals surface area contributed by atoms with Gasteiger partial charge in [-0.25, -0.2) is 4.98 Å². The van der Waals surface area contributed by atoms with E-state index in [-0.39, 0.29) is 16.6 Å². The minimum Gasteiger partial charge on any atom is -0.309 e. The lowest BCUT2D eigenvalue weighted by molar-refractivity contribution is -0.137. The molecule has 1 aromatic carbocycles. The summed E-state index contributed by atoms with van der Waals surface area (Å²) in [6, 6.07) is 6.61. The van der Waals surface area contributed by atoms with Crippen LogP contribution in [0.1, 0.15) is 16.7 Å². The molecule has 8 heteroatoms. The van der Waals surface area contributed by atoms with Crippen LogP contribution in [0, 0.1) is 13.8 Å². The number of nitrogens with zero attached hydrogens (tertiary/aromatic N) is 1. The van der Waals surface area contributed by atoms with E-state index in [9.17, 15) is 18.0 Å². The Hall–Kier alpha value is -1.73. The van der Waals surface area contributed by atoms with Crippen LogP contribution < -0.4 is 5.32 Å². The van der Waals surface area contributed by atoms with E-state index in [1.165, 1.54) is 11.8 Å². The fourth-order valence-electron chi connectivity index (χ4n) is 1.96. The monoisotopic (exact) mass is 374 g/mol. The number of carbonyl (C=O) groups is 1. The second-order valence-corrected chi connectivity index (χ2v) is 6.58. The summed E-state index contributed by atoms with van der Waals surface area (Å²) in [5.74, 6) is -0.381. The number of rotatable bonds is 4. The van der Waals surface area contributed by atoms with Gasteiger partial charge >= 0.3 is 6.18 Å². The molecule has 0 atom stereocenters. The molecule has 0 fully saturated rings. The molecule has 0 aliphatic heterocycles. The Morgan fingerprint density at radius 1 is 1.29 bits per heavy atom. The maximum Gasteiger partial charge on any atom is 0.417 e. The summed E-state index contributed by atoms with van der Waals surface area (Å²) in [6.45, 7) is 3.92. The van der Waals surface area contributed by atoms with Crippen molar-refractivity contribution in [1.29, 1.82) is 0 Å². The van der Waals surface area contributed by atoms with Crippen molar-refractivity contribution in [2.45, 2.75) is 24.9 Å². The molecule has 0 spiro atoms. The second-order valence-electron chi connectivity index (χ2n) is 5.16. The molecule has 0 bridgehead atoms. The number of halogens is 4. The number of pyridine rings is 1. The Bertz CT molecular complexity index is 765. The fraction of sp³-hybridized carbons (Fsp3) is 0.250. The molecule has 1 N–H and O–H groups in total. The number of thioether (sulfide) groups is 1. The fourth-order valence-corrected chi connectivity index (χ4v) is 2.98. The van der Waals surface area contributed by atoms with E-state index in [1.54, 1.807) is 0 Å². The number of alkyl halides is 3. The molecule has 2 rings (SSSR count). The molecule has 0 saturated carbocycles. The van der Waals surface area contributed by atoms with Gasteiger partial charge in [0.2, 0.25) is 5.91 Å². The van der Waals surface area contributed by atoms with Crippen LogP contribution in [0.2, 0.25) is 5.02 Å². The number of hydrogen-bond donors (Lipinski definition) is 1. The van der Waals surface area contributed by atoms with Crippen molar-refractivity contribution in [1.82, 2.24) is 4.98 Å². The molecule has 0 aliphatic carbocycles. The van der Waals surface area contributed by atoms with Crippen molar-refractivity contribution >= 4 is 35.1 Å². The van der Waals surface area contributed by atoms with Crippen LogP contribution in [0.25, 0.3) is 0 Å². The maximum absolute atomic E-state index is 12.5. The van der Waals surface area contributed by atoms with Crippen molar-refractivity contribution in [3.63, 3.8) is 0 Å². The molecular formula is C16H14ClF3N2OS. The first-order chi connectivity index (χ1) is 11.2. The Morgan fingerprint density at radius 3 is 2.58 bits per heavy atom. The van der Waals surface area contributed by atoms with Crippen molar-refractivity contribution in [3.05, 3.63) is 52.2 Å². The Balaban J connectivity index is 2.00. The molecule has 0 radical (unpaired) electrons. The zero-order chi connectivity index (χ0) is 17.9.